The van der Waals surface area contributed by atoms with Crippen molar-refractivity contribution >= 4 is 27.7 Å². The number of furan rings is 1. The summed E-state index contributed by atoms with van der Waals surface area (Å²) in [4.78, 5) is 23.3. The van der Waals surface area contributed by atoms with E-state index in [1.54, 1.807) is 36.4 Å². The van der Waals surface area contributed by atoms with Crippen LogP contribution in [0.3, 0.4) is 0 Å². The summed E-state index contributed by atoms with van der Waals surface area (Å²) in [5.41, 5.74) is 0.591. The average molecular weight is 337 g/mol. The van der Waals surface area contributed by atoms with E-state index < -0.39 is 0 Å². The number of hydrogen-bond acceptors (Lipinski definition) is 3. The number of nitrogens with one attached hydrogen (secondary N) is 2. The molecule has 104 valence electrons. The van der Waals surface area contributed by atoms with Gasteiger partial charge in [0, 0.05) is 18.7 Å². The molecule has 0 saturated carbocycles. The maximum atomic E-state index is 11.7. The van der Waals surface area contributed by atoms with Gasteiger partial charge in [-0.1, -0.05) is 18.2 Å². The van der Waals surface area contributed by atoms with Crippen LogP contribution in [-0.4, -0.2) is 24.9 Å². The highest BCUT2D eigenvalue weighted by atomic mass is 79.9. The van der Waals surface area contributed by atoms with Crippen LogP contribution in [0.25, 0.3) is 0 Å². The van der Waals surface area contributed by atoms with E-state index in [2.05, 4.69) is 26.6 Å². The summed E-state index contributed by atoms with van der Waals surface area (Å²) in [7, 11) is 0. The highest BCUT2D eigenvalue weighted by molar-refractivity contribution is 9.10. The average Bonchev–Trinajstić information content (AvgIpc) is 2.91. The molecular formula is C14H13BrN2O3. The number of carbonyl (C=O) groups excluding carboxylic acids is 2. The fourth-order valence-corrected chi connectivity index (χ4v) is 1.87. The molecule has 0 bridgehead atoms. The molecule has 2 aromatic rings. The van der Waals surface area contributed by atoms with E-state index in [0.29, 0.717) is 23.3 Å². The Hall–Kier alpha value is -2.08. The van der Waals surface area contributed by atoms with Crippen LogP contribution in [0.15, 0.2) is 51.6 Å². The van der Waals surface area contributed by atoms with Crippen molar-refractivity contribution in [3.05, 3.63) is 58.5 Å². The summed E-state index contributed by atoms with van der Waals surface area (Å²) in [6, 6.07) is 12.1. The van der Waals surface area contributed by atoms with Crippen LogP contribution in [0, 0.1) is 0 Å². The molecule has 0 aliphatic carbocycles. The number of hydrogen-bond donors (Lipinski definition) is 2. The first kappa shape index (κ1) is 14.3. The fraction of sp³-hybridized carbons (Fsp3) is 0.143. The molecule has 20 heavy (non-hydrogen) atoms. The first-order valence-electron chi connectivity index (χ1n) is 6.03. The van der Waals surface area contributed by atoms with Crippen molar-refractivity contribution in [2.24, 2.45) is 0 Å². The molecule has 0 fully saturated rings. The lowest BCUT2D eigenvalue weighted by Gasteiger charge is -2.06. The van der Waals surface area contributed by atoms with Gasteiger partial charge in [0.1, 0.15) is 0 Å². The highest BCUT2D eigenvalue weighted by Crippen LogP contribution is 2.13. The molecule has 0 aliphatic heterocycles. The Morgan fingerprint density at radius 3 is 2.20 bits per heavy atom. The molecule has 2 N–H and O–H groups in total. The summed E-state index contributed by atoms with van der Waals surface area (Å²) in [6.45, 7) is 0.678. The van der Waals surface area contributed by atoms with Crippen LogP contribution < -0.4 is 10.6 Å². The largest absolute Gasteiger partial charge is 0.444 e. The third-order valence-electron chi connectivity index (χ3n) is 2.53. The Bertz CT molecular complexity index is 595. The van der Waals surface area contributed by atoms with Crippen LogP contribution in [0.5, 0.6) is 0 Å². The first-order valence-corrected chi connectivity index (χ1v) is 6.83. The highest BCUT2D eigenvalue weighted by Gasteiger charge is 2.09. The predicted octanol–water partition coefficient (Wildman–Crippen LogP) is 2.20. The maximum absolute atomic E-state index is 11.7. The van der Waals surface area contributed by atoms with Crippen LogP contribution in [0.1, 0.15) is 20.9 Å². The molecule has 0 atom stereocenters. The van der Waals surface area contributed by atoms with Gasteiger partial charge in [0.2, 0.25) is 0 Å². The molecule has 1 aromatic heterocycles. The summed E-state index contributed by atoms with van der Waals surface area (Å²) in [5, 5.41) is 5.37. The molecule has 5 nitrogen and oxygen atoms in total. The second-order valence-corrected chi connectivity index (χ2v) is 4.76. The maximum Gasteiger partial charge on any atom is 0.287 e. The minimum atomic E-state index is -0.315. The number of benzene rings is 1. The smallest absolute Gasteiger partial charge is 0.287 e. The Morgan fingerprint density at radius 1 is 0.950 bits per heavy atom. The molecule has 0 unspecified atom stereocenters. The van der Waals surface area contributed by atoms with E-state index in [0.717, 1.165) is 0 Å². The van der Waals surface area contributed by atoms with Gasteiger partial charge in [0.15, 0.2) is 10.4 Å². The number of rotatable bonds is 5. The normalized spacial score (nSPS) is 10.1. The summed E-state index contributed by atoms with van der Waals surface area (Å²) in [5.74, 6) is -0.253. The van der Waals surface area contributed by atoms with Crippen molar-refractivity contribution in [1.82, 2.24) is 10.6 Å². The molecule has 1 heterocycles. The van der Waals surface area contributed by atoms with Crippen LogP contribution in [-0.2, 0) is 0 Å². The van der Waals surface area contributed by atoms with Gasteiger partial charge in [-0.05, 0) is 40.2 Å². The lowest BCUT2D eigenvalue weighted by Crippen LogP contribution is -2.34. The van der Waals surface area contributed by atoms with Gasteiger partial charge in [-0.3, -0.25) is 9.59 Å². The summed E-state index contributed by atoms with van der Waals surface area (Å²) in [6.07, 6.45) is 0. The number of amides is 2. The van der Waals surface area contributed by atoms with Gasteiger partial charge >= 0.3 is 0 Å². The Balaban J connectivity index is 1.72. The zero-order chi connectivity index (χ0) is 14.4. The lowest BCUT2D eigenvalue weighted by atomic mass is 10.2. The quantitative estimate of drug-likeness (QED) is 0.822. The van der Waals surface area contributed by atoms with E-state index in [1.165, 1.54) is 0 Å². The monoisotopic (exact) mass is 336 g/mol. The van der Waals surface area contributed by atoms with Crippen LogP contribution in [0.4, 0.5) is 0 Å². The van der Waals surface area contributed by atoms with Crippen molar-refractivity contribution in [3.8, 4) is 0 Å². The van der Waals surface area contributed by atoms with Crippen molar-refractivity contribution in [1.29, 1.82) is 0 Å². The minimum Gasteiger partial charge on any atom is -0.444 e. The third kappa shape index (κ3) is 3.96. The zero-order valence-electron chi connectivity index (χ0n) is 10.6. The second kappa shape index (κ2) is 6.91. The van der Waals surface area contributed by atoms with Gasteiger partial charge < -0.3 is 15.1 Å². The molecular weight excluding hydrogens is 324 g/mol. The standard InChI is InChI=1S/C14H13BrN2O3/c15-12-7-6-11(20-12)14(19)17-9-8-16-13(18)10-4-2-1-3-5-10/h1-7H,8-9H2,(H,16,18)(H,17,19). The molecule has 0 radical (unpaired) electrons. The second-order valence-electron chi connectivity index (χ2n) is 3.98. The SMILES string of the molecule is O=C(NCCNC(=O)c1ccc(Br)o1)c1ccccc1. The van der Waals surface area contributed by atoms with Crippen molar-refractivity contribution in [3.63, 3.8) is 0 Å². The van der Waals surface area contributed by atoms with Crippen molar-refractivity contribution in [2.45, 2.75) is 0 Å². The Labute approximate surface area is 124 Å². The molecule has 2 rings (SSSR count). The Kier molecular flexibility index (Phi) is 4.95. The molecule has 0 saturated heterocycles. The minimum absolute atomic E-state index is 0.166. The number of halogens is 1. The topological polar surface area (TPSA) is 71.3 Å². The molecule has 0 spiro atoms. The van der Waals surface area contributed by atoms with Crippen molar-refractivity contribution < 1.29 is 14.0 Å². The van der Waals surface area contributed by atoms with Gasteiger partial charge in [0.25, 0.3) is 11.8 Å². The predicted molar refractivity (Wildman–Crippen MR) is 77.5 cm³/mol. The van der Waals surface area contributed by atoms with Gasteiger partial charge in [-0.25, -0.2) is 0 Å². The van der Waals surface area contributed by atoms with E-state index in [4.69, 9.17) is 4.42 Å². The van der Waals surface area contributed by atoms with E-state index in [1.807, 2.05) is 6.07 Å². The van der Waals surface area contributed by atoms with Gasteiger partial charge in [0.05, 0.1) is 0 Å². The van der Waals surface area contributed by atoms with E-state index in [-0.39, 0.29) is 17.6 Å². The third-order valence-corrected chi connectivity index (χ3v) is 2.96. The molecule has 6 heteroatoms. The molecule has 2 amide bonds. The summed E-state index contributed by atoms with van der Waals surface area (Å²) < 4.78 is 5.61. The van der Waals surface area contributed by atoms with Crippen LogP contribution in [0.2, 0.25) is 0 Å². The lowest BCUT2D eigenvalue weighted by molar-refractivity contribution is 0.0909. The van der Waals surface area contributed by atoms with Crippen LogP contribution >= 0.6 is 15.9 Å². The Morgan fingerprint density at radius 2 is 1.60 bits per heavy atom. The van der Waals surface area contributed by atoms with E-state index in [9.17, 15) is 9.59 Å². The number of carbonyl (C=O) groups is 2. The zero-order valence-corrected chi connectivity index (χ0v) is 12.1. The fourth-order valence-electron chi connectivity index (χ4n) is 1.57. The summed E-state index contributed by atoms with van der Waals surface area (Å²) >= 11 is 3.12. The van der Waals surface area contributed by atoms with E-state index >= 15 is 0 Å². The van der Waals surface area contributed by atoms with Gasteiger partial charge in [-0.2, -0.15) is 0 Å². The molecule has 1 aromatic carbocycles. The first-order chi connectivity index (χ1) is 9.66. The van der Waals surface area contributed by atoms with Gasteiger partial charge in [-0.15, -0.1) is 0 Å². The molecule has 0 aliphatic rings. The van der Waals surface area contributed by atoms with Crippen molar-refractivity contribution in [2.75, 3.05) is 13.1 Å².